The molecule has 82 valence electrons. The molecule has 1 saturated heterocycles. The first-order valence-electron chi connectivity index (χ1n) is 4.80. The average molecular weight is 206 g/mol. The normalized spacial score (nSPS) is 27.7. The lowest BCUT2D eigenvalue weighted by Gasteiger charge is -2.34. The molecule has 1 heterocycles. The molecule has 1 rings (SSSR count). The van der Waals surface area contributed by atoms with E-state index < -0.39 is 12.3 Å². The summed E-state index contributed by atoms with van der Waals surface area (Å²) in [6, 6.07) is 0. The van der Waals surface area contributed by atoms with E-state index in [2.05, 4.69) is 10.6 Å². The van der Waals surface area contributed by atoms with E-state index in [0.29, 0.717) is 6.54 Å². The van der Waals surface area contributed by atoms with Crippen LogP contribution in [0.2, 0.25) is 0 Å². The van der Waals surface area contributed by atoms with Gasteiger partial charge in [0.2, 0.25) is 0 Å². The van der Waals surface area contributed by atoms with Crippen LogP contribution in [0.25, 0.3) is 0 Å². The highest BCUT2D eigenvalue weighted by molar-refractivity contribution is 5.79. The molecule has 1 atom stereocenters. The second kappa shape index (κ2) is 4.68. The molecule has 1 fully saturated rings. The number of carbonyl (C=O) groups is 1. The molecule has 2 N–H and O–H groups in total. The molecule has 0 spiro atoms. The number of amides is 1. The molecule has 0 radical (unpaired) electrons. The zero-order chi connectivity index (χ0) is 10.6. The van der Waals surface area contributed by atoms with Crippen LogP contribution in [0.4, 0.5) is 8.78 Å². The van der Waals surface area contributed by atoms with Crippen LogP contribution >= 0.6 is 0 Å². The van der Waals surface area contributed by atoms with Crippen molar-refractivity contribution in [2.45, 2.75) is 26.2 Å². The molecule has 1 aliphatic heterocycles. The summed E-state index contributed by atoms with van der Waals surface area (Å²) in [7, 11) is 0. The zero-order valence-corrected chi connectivity index (χ0v) is 8.28. The van der Waals surface area contributed by atoms with Crippen molar-refractivity contribution in [3.8, 4) is 0 Å². The fraction of sp³-hybridized carbons (Fsp3) is 0.889. The molecule has 1 amide bonds. The number of halogens is 2. The van der Waals surface area contributed by atoms with Gasteiger partial charge in [0, 0.05) is 13.1 Å². The smallest absolute Gasteiger partial charge is 0.315 e. The Morgan fingerprint density at radius 1 is 1.64 bits per heavy atom. The van der Waals surface area contributed by atoms with Gasteiger partial charge in [0.15, 0.2) is 0 Å². The minimum atomic E-state index is -2.91. The maximum Gasteiger partial charge on any atom is 0.315 e. The van der Waals surface area contributed by atoms with Gasteiger partial charge in [-0.25, -0.2) is 0 Å². The summed E-state index contributed by atoms with van der Waals surface area (Å²) in [5.74, 6) is -1.17. The van der Waals surface area contributed by atoms with Crippen molar-refractivity contribution >= 4 is 5.91 Å². The Balaban J connectivity index is 2.32. The molecule has 0 bridgehead atoms. The van der Waals surface area contributed by atoms with Gasteiger partial charge in [-0.05, 0) is 24.8 Å². The van der Waals surface area contributed by atoms with Gasteiger partial charge in [-0.1, -0.05) is 6.92 Å². The molecule has 0 saturated carbocycles. The van der Waals surface area contributed by atoms with Crippen LogP contribution < -0.4 is 10.6 Å². The summed E-state index contributed by atoms with van der Waals surface area (Å²) < 4.78 is 23.8. The topological polar surface area (TPSA) is 41.1 Å². The van der Waals surface area contributed by atoms with Crippen LogP contribution in [-0.2, 0) is 4.79 Å². The van der Waals surface area contributed by atoms with Crippen LogP contribution in [0.1, 0.15) is 19.8 Å². The van der Waals surface area contributed by atoms with E-state index in [1.807, 2.05) is 6.92 Å². The number of carbonyl (C=O) groups excluding carboxylic acids is 1. The lowest BCUT2D eigenvalue weighted by Crippen LogP contribution is -2.46. The van der Waals surface area contributed by atoms with Gasteiger partial charge in [0.05, 0.1) is 0 Å². The van der Waals surface area contributed by atoms with Gasteiger partial charge in [-0.15, -0.1) is 0 Å². The van der Waals surface area contributed by atoms with Gasteiger partial charge in [-0.3, -0.25) is 4.79 Å². The maximum atomic E-state index is 11.9. The standard InChI is InChI=1S/C9H16F2N2O/c1-9(3-2-4-12-5-9)6-13-8(14)7(10)11/h7,12H,2-6H2,1H3,(H,13,14). The van der Waals surface area contributed by atoms with E-state index in [4.69, 9.17) is 0 Å². The highest BCUT2D eigenvalue weighted by Gasteiger charge is 2.28. The number of piperidine rings is 1. The van der Waals surface area contributed by atoms with Crippen LogP contribution in [0.5, 0.6) is 0 Å². The van der Waals surface area contributed by atoms with Gasteiger partial charge in [0.1, 0.15) is 0 Å². The Morgan fingerprint density at radius 3 is 2.86 bits per heavy atom. The number of alkyl halides is 2. The van der Waals surface area contributed by atoms with Gasteiger partial charge in [-0.2, -0.15) is 8.78 Å². The summed E-state index contributed by atoms with van der Waals surface area (Å²) >= 11 is 0. The Morgan fingerprint density at radius 2 is 2.36 bits per heavy atom. The Kier molecular flexibility index (Phi) is 3.80. The molecule has 14 heavy (non-hydrogen) atoms. The summed E-state index contributed by atoms with van der Waals surface area (Å²) in [6.45, 7) is 4.06. The SMILES string of the molecule is CC1(CNC(=O)C(F)F)CCCNC1. The molecule has 1 unspecified atom stereocenters. The van der Waals surface area contributed by atoms with Crippen molar-refractivity contribution in [3.05, 3.63) is 0 Å². The van der Waals surface area contributed by atoms with E-state index >= 15 is 0 Å². The lowest BCUT2D eigenvalue weighted by molar-refractivity contribution is -0.132. The number of nitrogens with one attached hydrogen (secondary N) is 2. The maximum absolute atomic E-state index is 11.9. The molecule has 0 aromatic heterocycles. The van der Waals surface area contributed by atoms with Crippen molar-refractivity contribution in [2.24, 2.45) is 5.41 Å². The van der Waals surface area contributed by atoms with Crippen LogP contribution in [0.3, 0.4) is 0 Å². The van der Waals surface area contributed by atoms with Gasteiger partial charge < -0.3 is 10.6 Å². The zero-order valence-electron chi connectivity index (χ0n) is 8.28. The number of rotatable bonds is 3. The summed E-state index contributed by atoms with van der Waals surface area (Å²) in [6.07, 6.45) is -0.917. The van der Waals surface area contributed by atoms with Crippen molar-refractivity contribution in [3.63, 3.8) is 0 Å². The van der Waals surface area contributed by atoms with E-state index in [-0.39, 0.29) is 5.41 Å². The van der Waals surface area contributed by atoms with E-state index in [1.165, 1.54) is 0 Å². The van der Waals surface area contributed by atoms with Crippen LogP contribution in [0, 0.1) is 5.41 Å². The molecule has 0 aromatic carbocycles. The monoisotopic (exact) mass is 206 g/mol. The van der Waals surface area contributed by atoms with Crippen LogP contribution in [-0.4, -0.2) is 32.0 Å². The van der Waals surface area contributed by atoms with Crippen molar-refractivity contribution < 1.29 is 13.6 Å². The predicted octanol–water partition coefficient (Wildman–Crippen LogP) is 0.757. The molecule has 0 aliphatic carbocycles. The third-order valence-corrected chi connectivity index (χ3v) is 2.57. The summed E-state index contributed by atoms with van der Waals surface area (Å²) in [5, 5.41) is 5.45. The minimum Gasteiger partial charge on any atom is -0.351 e. The number of hydrogen-bond acceptors (Lipinski definition) is 2. The second-order valence-corrected chi connectivity index (χ2v) is 4.11. The first-order valence-corrected chi connectivity index (χ1v) is 4.80. The van der Waals surface area contributed by atoms with Crippen molar-refractivity contribution in [1.29, 1.82) is 0 Å². The third-order valence-electron chi connectivity index (χ3n) is 2.57. The number of hydrogen-bond donors (Lipinski definition) is 2. The first-order chi connectivity index (χ1) is 6.53. The molecule has 3 nitrogen and oxygen atoms in total. The molecule has 5 heteroatoms. The van der Waals surface area contributed by atoms with Gasteiger partial charge >= 0.3 is 6.43 Å². The third kappa shape index (κ3) is 3.21. The highest BCUT2D eigenvalue weighted by Crippen LogP contribution is 2.24. The Bertz CT molecular complexity index is 203. The van der Waals surface area contributed by atoms with Crippen LogP contribution in [0.15, 0.2) is 0 Å². The quantitative estimate of drug-likeness (QED) is 0.715. The van der Waals surface area contributed by atoms with E-state index in [9.17, 15) is 13.6 Å². The Hall–Kier alpha value is -0.710. The van der Waals surface area contributed by atoms with Crippen molar-refractivity contribution in [1.82, 2.24) is 10.6 Å². The lowest BCUT2D eigenvalue weighted by atomic mass is 9.83. The van der Waals surface area contributed by atoms with E-state index in [0.717, 1.165) is 25.9 Å². The van der Waals surface area contributed by atoms with E-state index in [1.54, 1.807) is 0 Å². The summed E-state index contributed by atoms with van der Waals surface area (Å²) in [5.41, 5.74) is -0.0806. The Labute approximate surface area is 82.2 Å². The minimum absolute atomic E-state index is 0.0806. The average Bonchev–Trinajstić information content (AvgIpc) is 2.15. The highest BCUT2D eigenvalue weighted by atomic mass is 19.3. The largest absolute Gasteiger partial charge is 0.351 e. The van der Waals surface area contributed by atoms with Gasteiger partial charge in [0.25, 0.3) is 5.91 Å². The fourth-order valence-electron chi connectivity index (χ4n) is 1.65. The molecule has 0 aromatic rings. The summed E-state index contributed by atoms with van der Waals surface area (Å²) in [4.78, 5) is 10.6. The van der Waals surface area contributed by atoms with Crippen molar-refractivity contribution in [2.75, 3.05) is 19.6 Å². The predicted molar refractivity (Wildman–Crippen MR) is 49.2 cm³/mol. The molecular weight excluding hydrogens is 190 g/mol. The molecule has 1 aliphatic rings. The second-order valence-electron chi connectivity index (χ2n) is 4.11. The first kappa shape index (κ1) is 11.4. The molecular formula is C9H16F2N2O. The fourth-order valence-corrected chi connectivity index (χ4v) is 1.65.